The molecule has 3 N–H and O–H groups in total. The van der Waals surface area contributed by atoms with Gasteiger partial charge in [0.1, 0.15) is 5.52 Å². The summed E-state index contributed by atoms with van der Waals surface area (Å²) in [5.41, 5.74) is 7.95. The number of aryl methyl sites for hydroxylation is 1. The molecule has 0 saturated heterocycles. The first kappa shape index (κ1) is 10.6. The molecule has 1 aromatic heterocycles. The molecule has 1 aromatic carbocycles. The largest absolute Gasteiger partial charge is 0.441 e. The predicted octanol–water partition coefficient (Wildman–Crippen LogP) is 1.89. The lowest BCUT2D eigenvalue weighted by atomic mass is 10.1. The zero-order valence-electron chi connectivity index (χ0n) is 8.20. The van der Waals surface area contributed by atoms with E-state index >= 15 is 0 Å². The van der Waals surface area contributed by atoms with E-state index in [9.17, 15) is 0 Å². The van der Waals surface area contributed by atoms with Crippen LogP contribution in [0.4, 0.5) is 0 Å². The average Bonchev–Trinajstić information content (AvgIpc) is 2.55. The molecule has 0 saturated carbocycles. The van der Waals surface area contributed by atoms with Crippen LogP contribution in [0.3, 0.4) is 0 Å². The van der Waals surface area contributed by atoms with Crippen molar-refractivity contribution in [1.82, 2.24) is 4.98 Å². The van der Waals surface area contributed by atoms with Crippen LogP contribution in [-0.2, 0) is 0 Å². The van der Waals surface area contributed by atoms with E-state index in [1.165, 1.54) is 0 Å². The average molecular weight is 271 g/mol. The SMILES string of the molecule is Cc1nc2cc(Br)cc(C(N)CO)c2o1. The van der Waals surface area contributed by atoms with Crippen LogP contribution in [0.1, 0.15) is 17.5 Å². The Morgan fingerprint density at radius 3 is 3.00 bits per heavy atom. The second-order valence-electron chi connectivity index (χ2n) is 3.37. The Morgan fingerprint density at radius 2 is 2.33 bits per heavy atom. The van der Waals surface area contributed by atoms with E-state index < -0.39 is 6.04 Å². The van der Waals surface area contributed by atoms with E-state index in [0.29, 0.717) is 11.5 Å². The fourth-order valence-electron chi connectivity index (χ4n) is 1.51. The fraction of sp³-hybridized carbons (Fsp3) is 0.300. The number of hydrogen-bond donors (Lipinski definition) is 2. The standard InChI is InChI=1S/C10H11BrN2O2/c1-5-13-9-3-6(11)2-7(8(12)4-14)10(9)15-5/h2-3,8,14H,4,12H2,1H3. The molecule has 0 spiro atoms. The van der Waals surface area contributed by atoms with Crippen molar-refractivity contribution in [2.45, 2.75) is 13.0 Å². The molecule has 4 nitrogen and oxygen atoms in total. The van der Waals surface area contributed by atoms with Gasteiger partial charge in [0.25, 0.3) is 0 Å². The third-order valence-corrected chi connectivity index (χ3v) is 2.64. The molecule has 0 aliphatic carbocycles. The van der Waals surface area contributed by atoms with Crippen LogP contribution in [0.2, 0.25) is 0 Å². The Labute approximate surface area is 95.2 Å². The topological polar surface area (TPSA) is 72.3 Å². The number of nitrogens with zero attached hydrogens (tertiary/aromatic N) is 1. The molecular formula is C10H11BrN2O2. The van der Waals surface area contributed by atoms with Crippen LogP contribution in [-0.4, -0.2) is 16.7 Å². The van der Waals surface area contributed by atoms with E-state index in [1.54, 1.807) is 6.92 Å². The van der Waals surface area contributed by atoms with Gasteiger partial charge >= 0.3 is 0 Å². The van der Waals surface area contributed by atoms with Crippen molar-refractivity contribution < 1.29 is 9.52 Å². The molecular weight excluding hydrogens is 260 g/mol. The summed E-state index contributed by atoms with van der Waals surface area (Å²) in [5, 5.41) is 9.04. The van der Waals surface area contributed by atoms with Crippen LogP contribution in [0.5, 0.6) is 0 Å². The van der Waals surface area contributed by atoms with Crippen LogP contribution in [0, 0.1) is 6.92 Å². The zero-order chi connectivity index (χ0) is 11.0. The highest BCUT2D eigenvalue weighted by Crippen LogP contribution is 2.28. The maximum absolute atomic E-state index is 9.04. The first-order valence-corrected chi connectivity index (χ1v) is 5.34. The van der Waals surface area contributed by atoms with Gasteiger partial charge in [-0.1, -0.05) is 15.9 Å². The Bertz CT molecular complexity index is 495. The fourth-order valence-corrected chi connectivity index (χ4v) is 1.97. The monoisotopic (exact) mass is 270 g/mol. The van der Waals surface area contributed by atoms with Crippen LogP contribution < -0.4 is 5.73 Å². The van der Waals surface area contributed by atoms with Gasteiger partial charge in [-0.15, -0.1) is 0 Å². The summed E-state index contributed by atoms with van der Waals surface area (Å²) in [6.45, 7) is 1.66. The van der Waals surface area contributed by atoms with E-state index in [2.05, 4.69) is 20.9 Å². The molecule has 5 heteroatoms. The first-order chi connectivity index (χ1) is 7.11. The number of rotatable bonds is 2. The summed E-state index contributed by atoms with van der Waals surface area (Å²) in [5.74, 6) is 0.592. The van der Waals surface area contributed by atoms with Crippen molar-refractivity contribution in [2.24, 2.45) is 5.73 Å². The minimum atomic E-state index is -0.447. The number of fused-ring (bicyclic) bond motifs is 1. The van der Waals surface area contributed by atoms with Gasteiger partial charge in [-0.2, -0.15) is 0 Å². The Morgan fingerprint density at radius 1 is 1.60 bits per heavy atom. The maximum atomic E-state index is 9.04. The molecule has 1 heterocycles. The van der Waals surface area contributed by atoms with Gasteiger partial charge in [-0.25, -0.2) is 4.98 Å². The van der Waals surface area contributed by atoms with Crippen LogP contribution >= 0.6 is 15.9 Å². The minimum Gasteiger partial charge on any atom is -0.441 e. The van der Waals surface area contributed by atoms with Crippen molar-refractivity contribution in [3.8, 4) is 0 Å². The number of halogens is 1. The second-order valence-corrected chi connectivity index (χ2v) is 4.28. The lowest BCUT2D eigenvalue weighted by Gasteiger charge is -2.08. The highest BCUT2D eigenvalue weighted by molar-refractivity contribution is 9.10. The lowest BCUT2D eigenvalue weighted by Crippen LogP contribution is -2.14. The van der Waals surface area contributed by atoms with Gasteiger partial charge in [-0.05, 0) is 12.1 Å². The lowest BCUT2D eigenvalue weighted by molar-refractivity contribution is 0.268. The summed E-state index contributed by atoms with van der Waals surface area (Å²) in [6.07, 6.45) is 0. The Balaban J connectivity index is 2.70. The summed E-state index contributed by atoms with van der Waals surface area (Å²) in [6, 6.07) is 3.25. The van der Waals surface area contributed by atoms with Gasteiger partial charge < -0.3 is 15.3 Å². The molecule has 2 aromatic rings. The summed E-state index contributed by atoms with van der Waals surface area (Å²) in [4.78, 5) is 4.22. The number of aliphatic hydroxyl groups is 1. The molecule has 1 atom stereocenters. The first-order valence-electron chi connectivity index (χ1n) is 4.55. The van der Waals surface area contributed by atoms with Crippen molar-refractivity contribution in [3.05, 3.63) is 28.1 Å². The number of nitrogens with two attached hydrogens (primary N) is 1. The third-order valence-electron chi connectivity index (χ3n) is 2.19. The summed E-state index contributed by atoms with van der Waals surface area (Å²) >= 11 is 3.37. The number of benzene rings is 1. The highest BCUT2D eigenvalue weighted by Gasteiger charge is 2.14. The predicted molar refractivity (Wildman–Crippen MR) is 60.5 cm³/mol. The smallest absolute Gasteiger partial charge is 0.192 e. The molecule has 0 aliphatic heterocycles. The molecule has 80 valence electrons. The maximum Gasteiger partial charge on any atom is 0.192 e. The van der Waals surface area contributed by atoms with E-state index in [4.69, 9.17) is 15.3 Å². The Kier molecular flexibility index (Phi) is 2.77. The van der Waals surface area contributed by atoms with Crippen LogP contribution in [0.25, 0.3) is 11.1 Å². The molecule has 15 heavy (non-hydrogen) atoms. The van der Waals surface area contributed by atoms with Gasteiger partial charge in [0, 0.05) is 17.0 Å². The molecule has 0 aliphatic rings. The van der Waals surface area contributed by atoms with Crippen molar-refractivity contribution in [1.29, 1.82) is 0 Å². The van der Waals surface area contributed by atoms with E-state index in [-0.39, 0.29) is 6.61 Å². The number of aliphatic hydroxyl groups excluding tert-OH is 1. The molecule has 0 bridgehead atoms. The number of oxazole rings is 1. The Hall–Kier alpha value is -0.910. The van der Waals surface area contributed by atoms with Crippen molar-refractivity contribution in [3.63, 3.8) is 0 Å². The van der Waals surface area contributed by atoms with Gasteiger partial charge in [0.05, 0.1) is 12.6 Å². The van der Waals surface area contributed by atoms with Crippen LogP contribution in [0.15, 0.2) is 21.0 Å². The van der Waals surface area contributed by atoms with Gasteiger partial charge in [-0.3, -0.25) is 0 Å². The minimum absolute atomic E-state index is 0.120. The van der Waals surface area contributed by atoms with Gasteiger partial charge in [0.2, 0.25) is 0 Å². The third kappa shape index (κ3) is 1.90. The molecule has 0 amide bonds. The van der Waals surface area contributed by atoms with Crippen molar-refractivity contribution >= 4 is 27.0 Å². The molecule has 0 fully saturated rings. The molecule has 0 radical (unpaired) electrons. The zero-order valence-corrected chi connectivity index (χ0v) is 9.78. The van der Waals surface area contributed by atoms with Gasteiger partial charge in [0.15, 0.2) is 11.5 Å². The normalized spacial score (nSPS) is 13.3. The van der Waals surface area contributed by atoms with Crippen molar-refractivity contribution in [2.75, 3.05) is 6.61 Å². The van der Waals surface area contributed by atoms with E-state index in [0.717, 1.165) is 15.6 Å². The summed E-state index contributed by atoms with van der Waals surface area (Å²) < 4.78 is 6.33. The summed E-state index contributed by atoms with van der Waals surface area (Å²) in [7, 11) is 0. The molecule has 2 rings (SSSR count). The molecule has 1 unspecified atom stereocenters. The quantitative estimate of drug-likeness (QED) is 0.874. The highest BCUT2D eigenvalue weighted by atomic mass is 79.9. The van der Waals surface area contributed by atoms with E-state index in [1.807, 2.05) is 12.1 Å². The number of hydrogen-bond acceptors (Lipinski definition) is 4. The number of aromatic nitrogens is 1. The second kappa shape index (κ2) is 3.92.